The summed E-state index contributed by atoms with van der Waals surface area (Å²) in [6.07, 6.45) is 2.56. The summed E-state index contributed by atoms with van der Waals surface area (Å²) in [6, 6.07) is 7.26. The molecule has 0 unspecified atom stereocenters. The number of nitrogens with one attached hydrogen (secondary N) is 1. The van der Waals surface area contributed by atoms with E-state index in [0.29, 0.717) is 31.6 Å². The maximum absolute atomic E-state index is 12.8. The summed E-state index contributed by atoms with van der Waals surface area (Å²) in [7, 11) is 1.41. The Morgan fingerprint density at radius 3 is 2.40 bits per heavy atom. The standard InChI is InChI=1S/C19H24N2O4/c1-3-13-4-6-15(7-5-13)21-17(22)12-16(18(21)23)20-10-8-14(9-11-20)19(24)25-2/h4-7,14,16H,3,8-12H2,1-2H3/p+1/t16-/m1/s1. The maximum Gasteiger partial charge on any atom is 0.309 e. The van der Waals surface area contributed by atoms with Gasteiger partial charge in [-0.2, -0.15) is 0 Å². The van der Waals surface area contributed by atoms with E-state index in [0.717, 1.165) is 11.3 Å². The van der Waals surface area contributed by atoms with Gasteiger partial charge in [0.15, 0.2) is 6.04 Å². The van der Waals surface area contributed by atoms with Crippen LogP contribution in [0, 0.1) is 5.92 Å². The van der Waals surface area contributed by atoms with Crippen LogP contribution in [0.3, 0.4) is 0 Å². The zero-order chi connectivity index (χ0) is 18.0. The number of esters is 1. The van der Waals surface area contributed by atoms with Gasteiger partial charge in [-0.15, -0.1) is 0 Å². The largest absolute Gasteiger partial charge is 0.469 e. The Hall–Kier alpha value is -2.21. The highest BCUT2D eigenvalue weighted by atomic mass is 16.5. The fourth-order valence-electron chi connectivity index (χ4n) is 3.84. The Labute approximate surface area is 147 Å². The van der Waals surface area contributed by atoms with Gasteiger partial charge >= 0.3 is 5.97 Å². The molecule has 6 heteroatoms. The predicted octanol–water partition coefficient (Wildman–Crippen LogP) is 0.349. The van der Waals surface area contributed by atoms with Crippen LogP contribution < -0.4 is 9.80 Å². The molecule has 0 saturated carbocycles. The quantitative estimate of drug-likeness (QED) is 0.632. The van der Waals surface area contributed by atoms with Crippen LogP contribution in [0.1, 0.15) is 31.7 Å². The molecule has 2 heterocycles. The van der Waals surface area contributed by atoms with Crippen molar-refractivity contribution < 1.29 is 24.0 Å². The van der Waals surface area contributed by atoms with Gasteiger partial charge in [0, 0.05) is 12.8 Å². The minimum atomic E-state index is -0.336. The number of piperidine rings is 1. The van der Waals surface area contributed by atoms with E-state index in [-0.39, 0.29) is 36.2 Å². The molecule has 0 radical (unpaired) electrons. The molecule has 1 aromatic carbocycles. The lowest BCUT2D eigenvalue weighted by molar-refractivity contribution is -0.920. The van der Waals surface area contributed by atoms with E-state index in [4.69, 9.17) is 4.74 Å². The Kier molecular flexibility index (Phi) is 5.18. The number of imide groups is 1. The highest BCUT2D eigenvalue weighted by molar-refractivity contribution is 6.21. The van der Waals surface area contributed by atoms with Crippen LogP contribution in [0.2, 0.25) is 0 Å². The van der Waals surface area contributed by atoms with E-state index < -0.39 is 0 Å². The van der Waals surface area contributed by atoms with Crippen LogP contribution in [0.15, 0.2) is 24.3 Å². The minimum absolute atomic E-state index is 0.0846. The first-order chi connectivity index (χ1) is 12.0. The number of quaternary nitrogens is 1. The zero-order valence-electron chi connectivity index (χ0n) is 14.8. The van der Waals surface area contributed by atoms with Gasteiger partial charge in [-0.3, -0.25) is 14.4 Å². The zero-order valence-corrected chi connectivity index (χ0v) is 14.8. The molecule has 6 nitrogen and oxygen atoms in total. The minimum Gasteiger partial charge on any atom is -0.469 e. The van der Waals surface area contributed by atoms with E-state index in [1.54, 1.807) is 0 Å². The summed E-state index contributed by atoms with van der Waals surface area (Å²) in [4.78, 5) is 39.3. The van der Waals surface area contributed by atoms with Crippen molar-refractivity contribution in [3.8, 4) is 0 Å². The summed E-state index contributed by atoms with van der Waals surface area (Å²) in [5, 5.41) is 0. The van der Waals surface area contributed by atoms with Crippen molar-refractivity contribution in [2.24, 2.45) is 5.92 Å². The summed E-state index contributed by atoms with van der Waals surface area (Å²) in [6.45, 7) is 3.50. The molecule has 25 heavy (non-hydrogen) atoms. The van der Waals surface area contributed by atoms with Gasteiger partial charge in [-0.25, -0.2) is 4.90 Å². The van der Waals surface area contributed by atoms with Gasteiger partial charge in [-0.05, 0) is 24.1 Å². The predicted molar refractivity (Wildman–Crippen MR) is 92.2 cm³/mol. The number of aryl methyl sites for hydroxylation is 1. The van der Waals surface area contributed by atoms with Crippen molar-refractivity contribution in [2.45, 2.75) is 38.6 Å². The van der Waals surface area contributed by atoms with Gasteiger partial charge < -0.3 is 9.64 Å². The SMILES string of the molecule is CCc1ccc(N2C(=O)C[C@@H]([NH+]3CCC(C(=O)OC)CC3)C2=O)cc1. The number of carbonyl (C=O) groups excluding carboxylic acids is 3. The molecule has 134 valence electrons. The van der Waals surface area contributed by atoms with Gasteiger partial charge in [-0.1, -0.05) is 19.1 Å². The van der Waals surface area contributed by atoms with E-state index in [1.807, 2.05) is 24.3 Å². The topological polar surface area (TPSA) is 68.1 Å². The Balaban J connectivity index is 1.68. The second-order valence-corrected chi connectivity index (χ2v) is 6.80. The molecule has 1 aromatic rings. The number of methoxy groups -OCH3 is 1. The van der Waals surface area contributed by atoms with Crippen molar-refractivity contribution in [1.29, 1.82) is 0 Å². The summed E-state index contributed by atoms with van der Waals surface area (Å²) in [5.41, 5.74) is 1.83. The number of carbonyl (C=O) groups is 3. The summed E-state index contributed by atoms with van der Waals surface area (Å²) in [5.74, 6) is -0.522. The number of nitrogens with zero attached hydrogens (tertiary/aromatic N) is 1. The molecule has 2 fully saturated rings. The number of amides is 2. The van der Waals surface area contributed by atoms with Crippen LogP contribution in [0.5, 0.6) is 0 Å². The molecule has 2 amide bonds. The van der Waals surface area contributed by atoms with Crippen molar-refractivity contribution in [1.82, 2.24) is 0 Å². The third kappa shape index (κ3) is 3.44. The fraction of sp³-hybridized carbons (Fsp3) is 0.526. The fourth-order valence-corrected chi connectivity index (χ4v) is 3.84. The highest BCUT2D eigenvalue weighted by Crippen LogP contribution is 2.23. The van der Waals surface area contributed by atoms with Gasteiger partial charge in [0.2, 0.25) is 5.91 Å². The van der Waals surface area contributed by atoms with Crippen LogP contribution in [0.4, 0.5) is 5.69 Å². The van der Waals surface area contributed by atoms with Crippen LogP contribution in [0.25, 0.3) is 0 Å². The Morgan fingerprint density at radius 1 is 1.20 bits per heavy atom. The van der Waals surface area contributed by atoms with Crippen molar-refractivity contribution >= 4 is 23.5 Å². The van der Waals surface area contributed by atoms with E-state index in [2.05, 4.69) is 6.92 Å². The van der Waals surface area contributed by atoms with Crippen LogP contribution in [-0.4, -0.2) is 44.0 Å². The number of hydrogen-bond donors (Lipinski definition) is 1. The van der Waals surface area contributed by atoms with E-state index in [9.17, 15) is 14.4 Å². The van der Waals surface area contributed by atoms with E-state index >= 15 is 0 Å². The van der Waals surface area contributed by atoms with Crippen molar-refractivity contribution in [3.63, 3.8) is 0 Å². The number of benzene rings is 1. The lowest BCUT2D eigenvalue weighted by Gasteiger charge is -2.30. The van der Waals surface area contributed by atoms with Gasteiger partial charge in [0.05, 0.1) is 38.2 Å². The first-order valence-electron chi connectivity index (χ1n) is 8.93. The molecule has 3 rings (SSSR count). The average molecular weight is 345 g/mol. The molecule has 0 aliphatic carbocycles. The lowest BCUT2D eigenvalue weighted by atomic mass is 9.95. The second-order valence-electron chi connectivity index (χ2n) is 6.80. The number of rotatable bonds is 4. The molecule has 2 aliphatic rings. The highest BCUT2D eigenvalue weighted by Gasteiger charge is 2.47. The number of ether oxygens (including phenoxy) is 1. The van der Waals surface area contributed by atoms with Gasteiger partial charge in [0.25, 0.3) is 5.91 Å². The molecular formula is C19H25N2O4+. The normalized spacial score (nSPS) is 26.8. The third-order valence-electron chi connectivity index (χ3n) is 5.40. The van der Waals surface area contributed by atoms with E-state index in [1.165, 1.54) is 17.6 Å². The Morgan fingerprint density at radius 2 is 1.84 bits per heavy atom. The monoisotopic (exact) mass is 345 g/mol. The molecule has 1 atom stereocenters. The third-order valence-corrected chi connectivity index (χ3v) is 5.40. The first kappa shape index (κ1) is 17.6. The van der Waals surface area contributed by atoms with Crippen LogP contribution >= 0.6 is 0 Å². The van der Waals surface area contributed by atoms with Crippen LogP contribution in [-0.2, 0) is 25.5 Å². The second kappa shape index (κ2) is 7.35. The smallest absolute Gasteiger partial charge is 0.309 e. The molecule has 0 aromatic heterocycles. The molecule has 2 saturated heterocycles. The molecule has 1 N–H and O–H groups in total. The van der Waals surface area contributed by atoms with Crippen molar-refractivity contribution in [3.05, 3.63) is 29.8 Å². The molecule has 0 bridgehead atoms. The number of likely N-dealkylation sites (tertiary alicyclic amines) is 1. The summed E-state index contributed by atoms with van der Waals surface area (Å²) < 4.78 is 4.80. The first-order valence-corrected chi connectivity index (χ1v) is 8.93. The molecular weight excluding hydrogens is 320 g/mol. The Bertz CT molecular complexity index is 663. The number of hydrogen-bond acceptors (Lipinski definition) is 4. The summed E-state index contributed by atoms with van der Waals surface area (Å²) >= 11 is 0. The molecule has 0 spiro atoms. The maximum atomic E-state index is 12.8. The average Bonchev–Trinajstić information content (AvgIpc) is 2.95. The number of anilines is 1. The molecule has 2 aliphatic heterocycles. The van der Waals surface area contributed by atoms with Gasteiger partial charge in [0.1, 0.15) is 0 Å². The van der Waals surface area contributed by atoms with Crippen molar-refractivity contribution in [2.75, 3.05) is 25.1 Å². The lowest BCUT2D eigenvalue weighted by Crippen LogP contribution is -3.17.